The van der Waals surface area contributed by atoms with E-state index in [0.717, 1.165) is 4.47 Å². The van der Waals surface area contributed by atoms with Crippen molar-refractivity contribution in [3.8, 4) is 6.19 Å². The molecule has 0 heterocycles. The summed E-state index contributed by atoms with van der Waals surface area (Å²) in [6.07, 6.45) is 3.22. The molecular formula is C8H9BrN2OS. The van der Waals surface area contributed by atoms with Crippen molar-refractivity contribution in [3.63, 3.8) is 0 Å². The van der Waals surface area contributed by atoms with Crippen LogP contribution >= 0.6 is 15.9 Å². The predicted molar refractivity (Wildman–Crippen MR) is 57.8 cm³/mol. The molecule has 0 aliphatic heterocycles. The average molecular weight is 261 g/mol. The maximum Gasteiger partial charge on any atom is 0.212 e. The third kappa shape index (κ3) is 2.62. The van der Waals surface area contributed by atoms with E-state index in [0.29, 0.717) is 4.90 Å². The van der Waals surface area contributed by atoms with Gasteiger partial charge < -0.3 is 4.55 Å². The molecule has 1 aromatic carbocycles. The number of nitrogens with zero attached hydrogens (tertiary/aromatic N) is 2. The summed E-state index contributed by atoms with van der Waals surface area (Å²) in [5.74, 6) is 0. The Hall–Kier alpha value is -0.700. The summed E-state index contributed by atoms with van der Waals surface area (Å²) < 4.78 is 14.2. The first kappa shape index (κ1) is 10.4. The van der Waals surface area contributed by atoms with Gasteiger partial charge in [-0.1, -0.05) is 26.0 Å². The summed E-state index contributed by atoms with van der Waals surface area (Å²) in [5, 5.41) is 8.36. The SMILES string of the molecule is C[SH](O)(=NC#N)c1ccc(Br)cc1. The minimum atomic E-state index is -2.57. The fraction of sp³-hybridized carbons (Fsp3) is 0.125. The molecule has 0 atom stereocenters. The van der Waals surface area contributed by atoms with Gasteiger partial charge in [0.05, 0.1) is 0 Å². The van der Waals surface area contributed by atoms with Gasteiger partial charge in [0.1, 0.15) is 0 Å². The topological polar surface area (TPSA) is 56.4 Å². The minimum Gasteiger partial charge on any atom is -0.340 e. The Morgan fingerprint density at radius 3 is 2.46 bits per heavy atom. The molecule has 0 bridgehead atoms. The molecule has 70 valence electrons. The standard InChI is InChI=1S/C8H9BrN2OS/c1-13(12,11-6-10)8-4-2-7(9)3-5-8/h2-5,13H,1H3,(H,11,12). The third-order valence-electron chi connectivity index (χ3n) is 1.56. The lowest BCUT2D eigenvalue weighted by molar-refractivity contribution is 0.634. The van der Waals surface area contributed by atoms with Crippen molar-refractivity contribution in [2.75, 3.05) is 6.26 Å². The van der Waals surface area contributed by atoms with E-state index in [1.165, 1.54) is 0 Å². The van der Waals surface area contributed by atoms with E-state index in [9.17, 15) is 4.55 Å². The van der Waals surface area contributed by atoms with Crippen LogP contribution in [-0.4, -0.2) is 10.8 Å². The zero-order valence-electron chi connectivity index (χ0n) is 6.98. The number of hydrogen-bond acceptors (Lipinski definition) is 2. The molecule has 0 fully saturated rings. The van der Waals surface area contributed by atoms with Gasteiger partial charge in [0.15, 0.2) is 0 Å². The highest BCUT2D eigenvalue weighted by molar-refractivity contribution is 9.10. The van der Waals surface area contributed by atoms with Crippen molar-refractivity contribution < 1.29 is 4.55 Å². The molecule has 0 radical (unpaired) electrons. The van der Waals surface area contributed by atoms with E-state index in [1.54, 1.807) is 24.6 Å². The van der Waals surface area contributed by atoms with E-state index < -0.39 is 10.1 Å². The molecule has 3 nitrogen and oxygen atoms in total. The van der Waals surface area contributed by atoms with Crippen molar-refractivity contribution >= 4 is 26.0 Å². The number of thiol groups is 1. The smallest absolute Gasteiger partial charge is 0.212 e. The maximum absolute atomic E-state index is 9.78. The van der Waals surface area contributed by atoms with Crippen molar-refractivity contribution in [2.45, 2.75) is 4.90 Å². The van der Waals surface area contributed by atoms with Gasteiger partial charge in [-0.05, 0) is 30.5 Å². The zero-order chi connectivity index (χ0) is 9.90. The quantitative estimate of drug-likeness (QED) is 0.602. The highest BCUT2D eigenvalue weighted by Gasteiger charge is 2.04. The van der Waals surface area contributed by atoms with Gasteiger partial charge >= 0.3 is 0 Å². The zero-order valence-corrected chi connectivity index (χ0v) is 9.46. The Morgan fingerprint density at radius 1 is 1.46 bits per heavy atom. The molecule has 1 N–H and O–H groups in total. The Labute approximate surface area is 86.4 Å². The Bertz CT molecular complexity index is 388. The van der Waals surface area contributed by atoms with Crippen LogP contribution in [0.15, 0.2) is 38.0 Å². The molecule has 1 aromatic rings. The van der Waals surface area contributed by atoms with Crippen molar-refractivity contribution in [1.29, 1.82) is 5.26 Å². The first-order valence-corrected chi connectivity index (χ1v) is 6.46. The third-order valence-corrected chi connectivity index (χ3v) is 3.84. The first-order valence-electron chi connectivity index (χ1n) is 3.53. The van der Waals surface area contributed by atoms with Crippen LogP contribution in [0, 0.1) is 11.5 Å². The largest absolute Gasteiger partial charge is 0.340 e. The Morgan fingerprint density at radius 2 is 2.00 bits per heavy atom. The summed E-state index contributed by atoms with van der Waals surface area (Å²) in [7, 11) is -2.57. The second-order valence-electron chi connectivity index (χ2n) is 2.59. The van der Waals surface area contributed by atoms with Crippen LogP contribution in [0.1, 0.15) is 0 Å². The van der Waals surface area contributed by atoms with Crippen LogP contribution in [0.4, 0.5) is 0 Å². The van der Waals surface area contributed by atoms with Crippen LogP contribution in [0.5, 0.6) is 0 Å². The van der Waals surface area contributed by atoms with Crippen LogP contribution in [-0.2, 0) is 10.1 Å². The minimum absolute atomic E-state index is 0.706. The van der Waals surface area contributed by atoms with Gasteiger partial charge in [0.25, 0.3) is 0 Å². The van der Waals surface area contributed by atoms with Crippen molar-refractivity contribution in [1.82, 2.24) is 0 Å². The molecule has 0 amide bonds. The molecule has 0 saturated heterocycles. The molecule has 13 heavy (non-hydrogen) atoms. The Balaban J connectivity index is 3.18. The highest BCUT2D eigenvalue weighted by Crippen LogP contribution is 2.19. The van der Waals surface area contributed by atoms with E-state index in [1.807, 2.05) is 12.1 Å². The molecule has 0 unspecified atom stereocenters. The number of benzene rings is 1. The van der Waals surface area contributed by atoms with E-state index in [2.05, 4.69) is 20.3 Å². The number of halogens is 1. The normalized spacial score (nSPS) is 11.8. The molecule has 5 heteroatoms. The second-order valence-corrected chi connectivity index (χ2v) is 6.05. The summed E-state index contributed by atoms with van der Waals surface area (Å²) in [6.45, 7) is 0. The summed E-state index contributed by atoms with van der Waals surface area (Å²) in [6, 6.07) is 7.16. The van der Waals surface area contributed by atoms with E-state index in [4.69, 9.17) is 5.26 Å². The fourth-order valence-corrected chi connectivity index (χ4v) is 2.14. The molecule has 0 saturated carbocycles. The monoisotopic (exact) mass is 260 g/mol. The lowest BCUT2D eigenvalue weighted by atomic mass is 10.4. The summed E-state index contributed by atoms with van der Waals surface area (Å²) in [5.41, 5.74) is 0. The number of rotatable bonds is 1. The van der Waals surface area contributed by atoms with Gasteiger partial charge in [0, 0.05) is 9.37 Å². The van der Waals surface area contributed by atoms with Crippen LogP contribution in [0.2, 0.25) is 0 Å². The van der Waals surface area contributed by atoms with E-state index >= 15 is 0 Å². The van der Waals surface area contributed by atoms with Crippen molar-refractivity contribution in [2.24, 2.45) is 4.36 Å². The fourth-order valence-electron chi connectivity index (χ4n) is 0.868. The summed E-state index contributed by atoms with van der Waals surface area (Å²) in [4.78, 5) is 0.706. The molecule has 0 aromatic heterocycles. The maximum atomic E-state index is 9.78. The van der Waals surface area contributed by atoms with Crippen molar-refractivity contribution in [3.05, 3.63) is 28.7 Å². The van der Waals surface area contributed by atoms with Crippen LogP contribution in [0.3, 0.4) is 0 Å². The molecule has 1 rings (SSSR count). The molecule has 0 aliphatic rings. The molecule has 0 spiro atoms. The van der Waals surface area contributed by atoms with Gasteiger partial charge in [-0.25, -0.2) is 0 Å². The van der Waals surface area contributed by atoms with E-state index in [-0.39, 0.29) is 0 Å². The van der Waals surface area contributed by atoms with Gasteiger partial charge in [-0.15, -0.1) is 4.36 Å². The number of nitriles is 1. The van der Waals surface area contributed by atoms with Gasteiger partial charge in [0.2, 0.25) is 6.19 Å². The number of hydrogen-bond donors (Lipinski definition) is 2. The second kappa shape index (κ2) is 4.01. The summed E-state index contributed by atoms with van der Waals surface area (Å²) >= 11 is 3.29. The Kier molecular flexibility index (Phi) is 3.20. The molecular weight excluding hydrogens is 252 g/mol. The lowest BCUT2D eigenvalue weighted by Gasteiger charge is -2.15. The van der Waals surface area contributed by atoms with Gasteiger partial charge in [-0.3, -0.25) is 0 Å². The predicted octanol–water partition coefficient (Wildman–Crippen LogP) is 2.46. The highest BCUT2D eigenvalue weighted by atomic mass is 79.9. The van der Waals surface area contributed by atoms with Crippen LogP contribution < -0.4 is 0 Å². The average Bonchev–Trinajstić information content (AvgIpc) is 2.05. The van der Waals surface area contributed by atoms with Gasteiger partial charge in [-0.2, -0.15) is 5.26 Å². The lowest BCUT2D eigenvalue weighted by Crippen LogP contribution is -2.06. The van der Waals surface area contributed by atoms with Crippen LogP contribution in [0.25, 0.3) is 0 Å². The first-order chi connectivity index (χ1) is 6.06. The molecule has 0 aliphatic carbocycles.